The van der Waals surface area contributed by atoms with Crippen LogP contribution in [0.5, 0.6) is 5.75 Å². The number of nitrogens with one attached hydrogen (secondary N) is 1. The van der Waals surface area contributed by atoms with Crippen LogP contribution in [-0.2, 0) is 10.0 Å². The Morgan fingerprint density at radius 1 is 1.20 bits per heavy atom. The Morgan fingerprint density at radius 3 is 2.47 bits per heavy atom. The van der Waals surface area contributed by atoms with E-state index in [1.54, 1.807) is 12.1 Å². The van der Waals surface area contributed by atoms with Gasteiger partial charge >= 0.3 is 0 Å². The van der Waals surface area contributed by atoms with E-state index in [1.807, 2.05) is 12.1 Å². The predicted molar refractivity (Wildman–Crippen MR) is 125 cm³/mol. The minimum atomic E-state index is -3.79. The van der Waals surface area contributed by atoms with Gasteiger partial charge in [0.05, 0.1) is 13.8 Å². The Balaban J connectivity index is 1.71. The van der Waals surface area contributed by atoms with Crippen molar-refractivity contribution >= 4 is 47.6 Å². The van der Waals surface area contributed by atoms with Crippen molar-refractivity contribution in [1.82, 2.24) is 4.90 Å². The molecule has 1 saturated heterocycles. The highest BCUT2D eigenvalue weighted by Crippen LogP contribution is 2.36. The Kier molecular flexibility index (Phi) is 8.17. The summed E-state index contributed by atoms with van der Waals surface area (Å²) >= 11 is 6.59. The predicted octanol–water partition coefficient (Wildman–Crippen LogP) is 5.56. The SMILES string of the molecule is CCCN1CC[C@@H](c2ccc(NS(=O)(=O)c3cc(Br)c(OCCF)c(Br)c3)cc2)C1. The highest BCUT2D eigenvalue weighted by molar-refractivity contribution is 9.11. The normalized spacial score (nSPS) is 17.3. The second kappa shape index (κ2) is 10.4. The molecule has 3 rings (SSSR count). The molecule has 0 saturated carbocycles. The largest absolute Gasteiger partial charge is 0.488 e. The smallest absolute Gasteiger partial charge is 0.261 e. The van der Waals surface area contributed by atoms with Crippen LogP contribution in [0.15, 0.2) is 50.2 Å². The number of ether oxygens (including phenoxy) is 1. The maximum absolute atomic E-state index is 12.8. The van der Waals surface area contributed by atoms with Gasteiger partial charge in [-0.25, -0.2) is 12.8 Å². The van der Waals surface area contributed by atoms with Crippen molar-refractivity contribution in [3.05, 3.63) is 50.9 Å². The molecule has 0 aromatic heterocycles. The molecule has 2 aromatic rings. The van der Waals surface area contributed by atoms with Crippen molar-refractivity contribution in [2.24, 2.45) is 0 Å². The summed E-state index contributed by atoms with van der Waals surface area (Å²) in [5.74, 6) is 0.857. The molecule has 1 N–H and O–H groups in total. The van der Waals surface area contributed by atoms with E-state index in [-0.39, 0.29) is 11.5 Å². The summed E-state index contributed by atoms with van der Waals surface area (Å²) in [6.07, 6.45) is 2.28. The van der Waals surface area contributed by atoms with E-state index in [0.717, 1.165) is 32.5 Å². The van der Waals surface area contributed by atoms with Gasteiger partial charge in [0.15, 0.2) is 0 Å². The summed E-state index contributed by atoms with van der Waals surface area (Å²) in [6, 6.07) is 10.5. The van der Waals surface area contributed by atoms with Gasteiger partial charge in [0.1, 0.15) is 19.0 Å². The maximum Gasteiger partial charge on any atom is 0.261 e. The second-order valence-corrected chi connectivity index (χ2v) is 10.7. The average molecular weight is 564 g/mol. The Bertz CT molecular complexity index is 948. The number of sulfonamides is 1. The molecule has 9 heteroatoms. The van der Waals surface area contributed by atoms with E-state index in [9.17, 15) is 12.8 Å². The Labute approximate surface area is 194 Å². The van der Waals surface area contributed by atoms with Gasteiger partial charge in [0.25, 0.3) is 10.0 Å². The highest BCUT2D eigenvalue weighted by Gasteiger charge is 2.23. The number of halogens is 3. The Morgan fingerprint density at radius 2 is 1.87 bits per heavy atom. The van der Waals surface area contributed by atoms with Crippen LogP contribution in [0.3, 0.4) is 0 Å². The summed E-state index contributed by atoms with van der Waals surface area (Å²) in [4.78, 5) is 2.54. The Hall–Kier alpha value is -1.16. The van der Waals surface area contributed by atoms with Crippen molar-refractivity contribution in [2.45, 2.75) is 30.6 Å². The van der Waals surface area contributed by atoms with Crippen molar-refractivity contribution in [3.63, 3.8) is 0 Å². The van der Waals surface area contributed by atoms with Crippen LogP contribution in [0.25, 0.3) is 0 Å². The van der Waals surface area contributed by atoms with E-state index in [0.29, 0.717) is 26.3 Å². The van der Waals surface area contributed by atoms with Gasteiger partial charge < -0.3 is 9.64 Å². The van der Waals surface area contributed by atoms with Crippen molar-refractivity contribution < 1.29 is 17.5 Å². The molecule has 0 unspecified atom stereocenters. The molecule has 1 aliphatic heterocycles. The molecule has 164 valence electrons. The summed E-state index contributed by atoms with van der Waals surface area (Å²) < 4.78 is 46.8. The summed E-state index contributed by atoms with van der Waals surface area (Å²) in [5, 5.41) is 0. The first-order valence-electron chi connectivity index (χ1n) is 9.87. The van der Waals surface area contributed by atoms with Gasteiger partial charge in [-0.1, -0.05) is 19.1 Å². The van der Waals surface area contributed by atoms with Crippen LogP contribution in [-0.4, -0.2) is 46.2 Å². The molecule has 1 aliphatic rings. The minimum Gasteiger partial charge on any atom is -0.488 e. The van der Waals surface area contributed by atoms with Gasteiger partial charge in [-0.3, -0.25) is 4.72 Å². The first-order chi connectivity index (χ1) is 14.3. The molecule has 1 atom stereocenters. The summed E-state index contributed by atoms with van der Waals surface area (Å²) in [6.45, 7) is 4.74. The zero-order valence-corrected chi connectivity index (χ0v) is 20.7. The lowest BCUT2D eigenvalue weighted by Gasteiger charge is -2.15. The van der Waals surface area contributed by atoms with Gasteiger partial charge in [-0.2, -0.15) is 0 Å². The molecule has 0 spiro atoms. The molecule has 1 heterocycles. The van der Waals surface area contributed by atoms with E-state index < -0.39 is 16.7 Å². The standard InChI is InChI=1S/C21H25Br2FN2O3S/c1-2-9-26-10-7-16(14-26)15-3-5-17(6-4-15)25-30(27,28)18-12-19(22)21(20(23)13-18)29-11-8-24/h3-6,12-13,16,25H,2,7-11,14H2,1H3/t16-/m1/s1. The van der Waals surface area contributed by atoms with E-state index >= 15 is 0 Å². The van der Waals surface area contributed by atoms with Gasteiger partial charge in [0.2, 0.25) is 0 Å². The van der Waals surface area contributed by atoms with Crippen molar-refractivity contribution in [2.75, 3.05) is 37.6 Å². The second-order valence-electron chi connectivity index (χ2n) is 7.27. The highest BCUT2D eigenvalue weighted by atomic mass is 79.9. The molecular weight excluding hydrogens is 539 g/mol. The summed E-state index contributed by atoms with van der Waals surface area (Å²) in [5.41, 5.74) is 1.74. The number of hydrogen-bond acceptors (Lipinski definition) is 4. The third kappa shape index (κ3) is 5.75. The lowest BCUT2D eigenvalue weighted by molar-refractivity contribution is 0.270. The number of alkyl halides is 1. The maximum atomic E-state index is 12.8. The van der Waals surface area contributed by atoms with Crippen LogP contribution >= 0.6 is 31.9 Å². The van der Waals surface area contributed by atoms with E-state index in [2.05, 4.69) is 48.4 Å². The molecule has 0 amide bonds. The minimum absolute atomic E-state index is 0.0731. The number of nitrogens with zero attached hydrogens (tertiary/aromatic N) is 1. The zero-order chi connectivity index (χ0) is 21.7. The fourth-order valence-electron chi connectivity index (χ4n) is 3.63. The number of likely N-dealkylation sites (tertiary alicyclic amines) is 1. The third-order valence-corrected chi connectivity index (χ3v) is 7.59. The van der Waals surface area contributed by atoms with Gasteiger partial charge in [0, 0.05) is 12.2 Å². The van der Waals surface area contributed by atoms with Gasteiger partial charge in [-0.05, 0) is 93.5 Å². The van der Waals surface area contributed by atoms with Crippen LogP contribution in [0, 0.1) is 0 Å². The number of benzene rings is 2. The molecule has 5 nitrogen and oxygen atoms in total. The third-order valence-electron chi connectivity index (χ3n) is 5.05. The van der Waals surface area contributed by atoms with Crippen LogP contribution in [0.2, 0.25) is 0 Å². The van der Waals surface area contributed by atoms with Crippen molar-refractivity contribution in [1.29, 1.82) is 0 Å². The number of rotatable bonds is 9. The topological polar surface area (TPSA) is 58.6 Å². The number of hydrogen-bond donors (Lipinski definition) is 1. The monoisotopic (exact) mass is 562 g/mol. The summed E-state index contributed by atoms with van der Waals surface area (Å²) in [7, 11) is -3.79. The number of anilines is 1. The van der Waals surface area contributed by atoms with Crippen LogP contribution in [0.1, 0.15) is 31.2 Å². The zero-order valence-electron chi connectivity index (χ0n) is 16.7. The van der Waals surface area contributed by atoms with E-state index in [4.69, 9.17) is 4.74 Å². The first kappa shape index (κ1) is 23.5. The molecular formula is C21H25Br2FN2O3S. The van der Waals surface area contributed by atoms with E-state index in [1.165, 1.54) is 17.7 Å². The molecule has 30 heavy (non-hydrogen) atoms. The molecule has 2 aromatic carbocycles. The lowest BCUT2D eigenvalue weighted by Crippen LogP contribution is -2.20. The fourth-order valence-corrected chi connectivity index (χ4v) is 6.46. The van der Waals surface area contributed by atoms with Gasteiger partial charge in [-0.15, -0.1) is 0 Å². The molecule has 0 bridgehead atoms. The molecule has 1 fully saturated rings. The quantitative estimate of drug-likeness (QED) is 0.434. The molecule has 0 radical (unpaired) electrons. The average Bonchev–Trinajstić information content (AvgIpc) is 3.16. The molecule has 0 aliphatic carbocycles. The van der Waals surface area contributed by atoms with Crippen LogP contribution in [0.4, 0.5) is 10.1 Å². The van der Waals surface area contributed by atoms with Crippen molar-refractivity contribution in [3.8, 4) is 5.75 Å². The lowest BCUT2D eigenvalue weighted by atomic mass is 9.98. The van der Waals surface area contributed by atoms with Crippen LogP contribution < -0.4 is 9.46 Å². The fraction of sp³-hybridized carbons (Fsp3) is 0.429. The first-order valence-corrected chi connectivity index (χ1v) is 12.9.